The number of hydrogen-bond acceptors (Lipinski definition) is 3. The van der Waals surface area contributed by atoms with Gasteiger partial charge in [0.25, 0.3) is 0 Å². The molecule has 1 saturated heterocycles. The summed E-state index contributed by atoms with van der Waals surface area (Å²) in [5.41, 5.74) is 6.62. The highest BCUT2D eigenvalue weighted by molar-refractivity contribution is 5.85. The number of nitrogens with one attached hydrogen (secondary N) is 2. The van der Waals surface area contributed by atoms with E-state index in [9.17, 15) is 9.59 Å². The summed E-state index contributed by atoms with van der Waals surface area (Å²) in [6.07, 6.45) is 1.19. The molecule has 32 heavy (non-hydrogen) atoms. The Bertz CT molecular complexity index is 1110. The van der Waals surface area contributed by atoms with E-state index in [-0.39, 0.29) is 30.4 Å². The first-order valence-corrected chi connectivity index (χ1v) is 11.1. The summed E-state index contributed by atoms with van der Waals surface area (Å²) >= 11 is 0. The van der Waals surface area contributed by atoms with E-state index >= 15 is 0 Å². The van der Waals surface area contributed by atoms with Gasteiger partial charge in [-0.25, -0.2) is 4.79 Å². The van der Waals surface area contributed by atoms with Crippen LogP contribution in [0.1, 0.15) is 36.0 Å². The van der Waals surface area contributed by atoms with Crippen LogP contribution < -0.4 is 10.6 Å². The Labute approximate surface area is 187 Å². The molecule has 3 aromatic carbocycles. The largest absolute Gasteiger partial charge is 0.448 e. The van der Waals surface area contributed by atoms with E-state index in [0.29, 0.717) is 5.69 Å². The van der Waals surface area contributed by atoms with Gasteiger partial charge < -0.3 is 10.1 Å². The summed E-state index contributed by atoms with van der Waals surface area (Å²) in [5, 5.41) is 5.85. The first-order valence-electron chi connectivity index (χ1n) is 11.1. The average molecular weight is 427 g/mol. The summed E-state index contributed by atoms with van der Waals surface area (Å²) in [6, 6.07) is 24.5. The van der Waals surface area contributed by atoms with Gasteiger partial charge in [0.15, 0.2) is 0 Å². The van der Waals surface area contributed by atoms with Crippen LogP contribution in [-0.4, -0.2) is 24.6 Å². The molecule has 3 aromatic rings. The molecular weight excluding hydrogens is 400 g/mol. The van der Waals surface area contributed by atoms with E-state index in [4.69, 9.17) is 4.74 Å². The van der Waals surface area contributed by atoms with Crippen molar-refractivity contribution in [3.05, 3.63) is 89.5 Å². The quantitative estimate of drug-likeness (QED) is 0.595. The first-order chi connectivity index (χ1) is 15.6. The molecule has 2 unspecified atom stereocenters. The smallest absolute Gasteiger partial charge is 0.411 e. The van der Waals surface area contributed by atoms with Crippen molar-refractivity contribution in [3.8, 4) is 11.1 Å². The molecule has 0 bridgehead atoms. The Morgan fingerprint density at radius 2 is 1.59 bits per heavy atom. The minimum Gasteiger partial charge on any atom is -0.448 e. The van der Waals surface area contributed by atoms with Gasteiger partial charge in [0, 0.05) is 23.6 Å². The topological polar surface area (TPSA) is 67.4 Å². The summed E-state index contributed by atoms with van der Waals surface area (Å²) in [6.45, 7) is 2.24. The SMILES string of the molecule is CC1CC(Cc2ccc(NC(=O)OCC3c4ccccc4-c4ccccc43)cc2)NC1=O. The summed E-state index contributed by atoms with van der Waals surface area (Å²) in [7, 11) is 0. The first kappa shape index (κ1) is 20.3. The zero-order valence-electron chi connectivity index (χ0n) is 18.0. The molecule has 5 rings (SSSR count). The maximum absolute atomic E-state index is 12.4. The van der Waals surface area contributed by atoms with E-state index < -0.39 is 6.09 Å². The molecule has 0 saturated carbocycles. The second-order valence-corrected chi connectivity index (χ2v) is 8.69. The predicted octanol–water partition coefficient (Wildman–Crippen LogP) is 5.11. The third-order valence-electron chi connectivity index (χ3n) is 6.46. The molecule has 2 amide bonds. The maximum Gasteiger partial charge on any atom is 0.411 e. The standard InChI is InChI=1S/C27H26N2O3/c1-17-14-20(28-26(17)30)15-18-10-12-19(13-11-18)29-27(31)32-16-25-23-8-4-2-6-21(23)22-7-3-5-9-24(22)25/h2-13,17,20,25H,14-16H2,1H3,(H,28,30)(H,29,31). The van der Waals surface area contributed by atoms with Crippen LogP contribution in [0.2, 0.25) is 0 Å². The summed E-state index contributed by atoms with van der Waals surface area (Å²) in [5.74, 6) is 0.248. The number of amides is 2. The highest BCUT2D eigenvalue weighted by Gasteiger charge is 2.29. The van der Waals surface area contributed by atoms with Gasteiger partial charge in [0.05, 0.1) is 0 Å². The molecule has 1 heterocycles. The fourth-order valence-corrected chi connectivity index (χ4v) is 4.83. The van der Waals surface area contributed by atoms with E-state index in [2.05, 4.69) is 34.9 Å². The fraction of sp³-hybridized carbons (Fsp3) is 0.259. The monoisotopic (exact) mass is 426 g/mol. The Morgan fingerprint density at radius 3 is 2.19 bits per heavy atom. The van der Waals surface area contributed by atoms with Crippen molar-refractivity contribution >= 4 is 17.7 Å². The van der Waals surface area contributed by atoms with Gasteiger partial charge in [0.2, 0.25) is 5.91 Å². The minimum atomic E-state index is -0.462. The zero-order chi connectivity index (χ0) is 22.1. The Balaban J connectivity index is 1.18. The van der Waals surface area contributed by atoms with E-state index in [1.165, 1.54) is 22.3 Å². The number of fused-ring (bicyclic) bond motifs is 3. The molecule has 2 atom stereocenters. The Kier molecular flexibility index (Phi) is 5.39. The average Bonchev–Trinajstić information content (AvgIpc) is 3.29. The van der Waals surface area contributed by atoms with Gasteiger partial charge >= 0.3 is 6.09 Å². The van der Waals surface area contributed by atoms with Crippen molar-refractivity contribution in [3.63, 3.8) is 0 Å². The molecule has 0 radical (unpaired) electrons. The Morgan fingerprint density at radius 1 is 0.969 bits per heavy atom. The second kappa shape index (κ2) is 8.50. The van der Waals surface area contributed by atoms with Crippen molar-refractivity contribution in [1.82, 2.24) is 5.32 Å². The van der Waals surface area contributed by atoms with Crippen molar-refractivity contribution in [1.29, 1.82) is 0 Å². The van der Waals surface area contributed by atoms with Crippen LogP contribution in [0, 0.1) is 5.92 Å². The molecule has 2 N–H and O–H groups in total. The summed E-state index contributed by atoms with van der Waals surface area (Å²) in [4.78, 5) is 24.1. The molecule has 0 spiro atoms. The number of hydrogen-bond donors (Lipinski definition) is 2. The van der Waals surface area contributed by atoms with Gasteiger partial charge in [0.1, 0.15) is 6.61 Å². The lowest BCUT2D eigenvalue weighted by Gasteiger charge is -2.15. The van der Waals surface area contributed by atoms with Crippen LogP contribution in [0.5, 0.6) is 0 Å². The lowest BCUT2D eigenvalue weighted by Crippen LogP contribution is -2.27. The van der Waals surface area contributed by atoms with Crippen LogP contribution in [-0.2, 0) is 16.0 Å². The molecule has 1 fully saturated rings. The second-order valence-electron chi connectivity index (χ2n) is 8.69. The fourth-order valence-electron chi connectivity index (χ4n) is 4.83. The molecule has 1 aliphatic heterocycles. The van der Waals surface area contributed by atoms with Gasteiger partial charge in [-0.2, -0.15) is 0 Å². The van der Waals surface area contributed by atoms with Gasteiger partial charge in [-0.1, -0.05) is 67.6 Å². The normalized spacial score (nSPS) is 19.2. The zero-order valence-corrected chi connectivity index (χ0v) is 18.0. The van der Waals surface area contributed by atoms with Crippen LogP contribution in [0.25, 0.3) is 11.1 Å². The van der Waals surface area contributed by atoms with Crippen LogP contribution in [0.4, 0.5) is 10.5 Å². The third-order valence-corrected chi connectivity index (χ3v) is 6.46. The number of rotatable bonds is 5. The lowest BCUT2D eigenvalue weighted by molar-refractivity contribution is -0.122. The molecule has 162 valence electrons. The van der Waals surface area contributed by atoms with Crippen LogP contribution in [0.15, 0.2) is 72.8 Å². The predicted molar refractivity (Wildman–Crippen MR) is 125 cm³/mol. The van der Waals surface area contributed by atoms with Gasteiger partial charge in [-0.05, 0) is 52.8 Å². The summed E-state index contributed by atoms with van der Waals surface area (Å²) < 4.78 is 5.61. The minimum absolute atomic E-state index is 0.0412. The Hall–Kier alpha value is -3.60. The molecule has 5 heteroatoms. The number of carbonyl (C=O) groups is 2. The highest BCUT2D eigenvalue weighted by Crippen LogP contribution is 2.44. The van der Waals surface area contributed by atoms with Crippen LogP contribution >= 0.6 is 0 Å². The molecule has 5 nitrogen and oxygen atoms in total. The number of benzene rings is 3. The van der Waals surface area contributed by atoms with E-state index in [0.717, 1.165) is 18.4 Å². The van der Waals surface area contributed by atoms with Crippen molar-refractivity contribution in [2.24, 2.45) is 5.92 Å². The molecular formula is C27H26N2O3. The highest BCUT2D eigenvalue weighted by atomic mass is 16.5. The molecule has 2 aliphatic rings. The number of ether oxygens (including phenoxy) is 1. The van der Waals surface area contributed by atoms with Crippen molar-refractivity contribution in [2.75, 3.05) is 11.9 Å². The van der Waals surface area contributed by atoms with Gasteiger partial charge in [-0.15, -0.1) is 0 Å². The lowest BCUT2D eigenvalue weighted by atomic mass is 9.98. The van der Waals surface area contributed by atoms with Crippen molar-refractivity contribution in [2.45, 2.75) is 31.7 Å². The van der Waals surface area contributed by atoms with Gasteiger partial charge in [-0.3, -0.25) is 10.1 Å². The molecule has 0 aromatic heterocycles. The third kappa shape index (κ3) is 3.98. The number of carbonyl (C=O) groups excluding carboxylic acids is 2. The van der Waals surface area contributed by atoms with E-state index in [1.54, 1.807) is 0 Å². The van der Waals surface area contributed by atoms with Crippen molar-refractivity contribution < 1.29 is 14.3 Å². The maximum atomic E-state index is 12.4. The number of anilines is 1. The van der Waals surface area contributed by atoms with E-state index in [1.807, 2.05) is 55.5 Å². The molecule has 1 aliphatic carbocycles. The van der Waals surface area contributed by atoms with Crippen LogP contribution in [0.3, 0.4) is 0 Å².